The number of nitrogens with one attached hydrogen (secondary N) is 1. The van der Waals surface area contributed by atoms with Gasteiger partial charge in [-0.15, -0.1) is 0 Å². The van der Waals surface area contributed by atoms with E-state index in [0.717, 1.165) is 22.4 Å². The van der Waals surface area contributed by atoms with E-state index in [-0.39, 0.29) is 6.10 Å². The average Bonchev–Trinajstić information content (AvgIpc) is 2.99. The molecule has 0 saturated carbocycles. The summed E-state index contributed by atoms with van der Waals surface area (Å²) in [4.78, 5) is 21.4. The van der Waals surface area contributed by atoms with Crippen molar-refractivity contribution in [2.45, 2.75) is 13.0 Å². The Kier molecular flexibility index (Phi) is 2.97. The number of carbonyl (C=O) groups excluding carboxylic acids is 1. The molecule has 0 aliphatic carbocycles. The standard InChI is InChI=1S/C17H16N4O2/c1-10-9-21(13-5-3-2-4-12(13)15(18)22)14-8-11-6-7-19-16(11)20-17(14)23-10/h2-8,10H,9H2,1H3,(H2,18,22)(H,19,20). The zero-order valence-electron chi connectivity index (χ0n) is 12.6. The van der Waals surface area contributed by atoms with Crippen LogP contribution < -0.4 is 15.4 Å². The quantitative estimate of drug-likeness (QED) is 0.762. The first-order valence-electron chi connectivity index (χ1n) is 7.44. The van der Waals surface area contributed by atoms with Crippen LogP contribution in [0, 0.1) is 0 Å². The van der Waals surface area contributed by atoms with Gasteiger partial charge in [0.2, 0.25) is 5.88 Å². The van der Waals surface area contributed by atoms with E-state index in [1.54, 1.807) is 6.07 Å². The Bertz CT molecular complexity index is 902. The van der Waals surface area contributed by atoms with Gasteiger partial charge < -0.3 is 20.4 Å². The van der Waals surface area contributed by atoms with Gasteiger partial charge in [-0.25, -0.2) is 0 Å². The molecular formula is C17H16N4O2. The van der Waals surface area contributed by atoms with Crippen molar-refractivity contribution in [3.8, 4) is 5.88 Å². The number of amides is 1. The van der Waals surface area contributed by atoms with Crippen LogP contribution in [0.15, 0.2) is 42.6 Å². The molecule has 0 fully saturated rings. The highest BCUT2D eigenvalue weighted by Crippen LogP contribution is 2.39. The second-order valence-electron chi connectivity index (χ2n) is 5.65. The van der Waals surface area contributed by atoms with Crippen LogP contribution in [0.25, 0.3) is 11.0 Å². The number of aromatic nitrogens is 2. The number of anilines is 2. The summed E-state index contributed by atoms with van der Waals surface area (Å²) >= 11 is 0. The van der Waals surface area contributed by atoms with Crippen LogP contribution in [-0.2, 0) is 0 Å². The van der Waals surface area contributed by atoms with Crippen molar-refractivity contribution in [2.75, 3.05) is 11.4 Å². The number of hydrogen-bond acceptors (Lipinski definition) is 4. The van der Waals surface area contributed by atoms with Gasteiger partial charge in [0.15, 0.2) is 0 Å². The molecule has 1 unspecified atom stereocenters. The van der Waals surface area contributed by atoms with Crippen molar-refractivity contribution in [2.24, 2.45) is 5.73 Å². The van der Waals surface area contributed by atoms with Crippen molar-refractivity contribution < 1.29 is 9.53 Å². The van der Waals surface area contributed by atoms with E-state index in [9.17, 15) is 4.79 Å². The number of hydrogen-bond donors (Lipinski definition) is 2. The molecule has 1 atom stereocenters. The van der Waals surface area contributed by atoms with Gasteiger partial charge >= 0.3 is 0 Å². The molecule has 0 spiro atoms. The predicted molar refractivity (Wildman–Crippen MR) is 88.1 cm³/mol. The third-order valence-corrected chi connectivity index (χ3v) is 3.98. The Morgan fingerprint density at radius 3 is 3.00 bits per heavy atom. The first-order valence-corrected chi connectivity index (χ1v) is 7.44. The van der Waals surface area contributed by atoms with Gasteiger partial charge in [0.25, 0.3) is 5.91 Å². The number of aromatic amines is 1. The number of fused-ring (bicyclic) bond motifs is 2. The molecule has 3 N–H and O–H groups in total. The summed E-state index contributed by atoms with van der Waals surface area (Å²) in [5, 5.41) is 0.989. The van der Waals surface area contributed by atoms with E-state index in [4.69, 9.17) is 10.5 Å². The van der Waals surface area contributed by atoms with Crippen molar-refractivity contribution in [1.29, 1.82) is 0 Å². The molecule has 6 nitrogen and oxygen atoms in total. The number of primary amides is 1. The van der Waals surface area contributed by atoms with E-state index >= 15 is 0 Å². The Hall–Kier alpha value is -3.02. The number of para-hydroxylation sites is 1. The van der Waals surface area contributed by atoms with Crippen LogP contribution in [0.4, 0.5) is 11.4 Å². The smallest absolute Gasteiger partial charge is 0.250 e. The highest BCUT2D eigenvalue weighted by molar-refractivity contribution is 6.00. The van der Waals surface area contributed by atoms with Crippen molar-refractivity contribution >= 4 is 28.3 Å². The molecule has 0 radical (unpaired) electrons. The third kappa shape index (κ3) is 2.19. The minimum absolute atomic E-state index is 0.0525. The highest BCUT2D eigenvalue weighted by atomic mass is 16.5. The topological polar surface area (TPSA) is 84.2 Å². The summed E-state index contributed by atoms with van der Waals surface area (Å²) in [5.41, 5.74) is 8.41. The number of ether oxygens (including phenoxy) is 1. The molecule has 0 saturated heterocycles. The monoisotopic (exact) mass is 308 g/mol. The van der Waals surface area contributed by atoms with Gasteiger partial charge in [0.05, 0.1) is 17.8 Å². The maximum absolute atomic E-state index is 11.8. The Morgan fingerprint density at radius 2 is 2.17 bits per heavy atom. The van der Waals surface area contributed by atoms with Crippen molar-refractivity contribution in [3.05, 3.63) is 48.2 Å². The number of rotatable bonds is 2. The third-order valence-electron chi connectivity index (χ3n) is 3.98. The van der Waals surface area contributed by atoms with Crippen LogP contribution in [-0.4, -0.2) is 28.5 Å². The summed E-state index contributed by atoms with van der Waals surface area (Å²) in [6, 6.07) is 11.3. The largest absolute Gasteiger partial charge is 0.471 e. The number of benzene rings is 1. The Balaban J connectivity index is 1.92. The zero-order chi connectivity index (χ0) is 16.0. The first-order chi connectivity index (χ1) is 11.1. The van der Waals surface area contributed by atoms with Crippen LogP contribution in [0.1, 0.15) is 17.3 Å². The molecule has 1 aliphatic heterocycles. The molecule has 4 rings (SSSR count). The van der Waals surface area contributed by atoms with E-state index < -0.39 is 5.91 Å². The van der Waals surface area contributed by atoms with Crippen molar-refractivity contribution in [3.63, 3.8) is 0 Å². The number of nitrogens with zero attached hydrogens (tertiary/aromatic N) is 2. The lowest BCUT2D eigenvalue weighted by Gasteiger charge is -2.34. The summed E-state index contributed by atoms with van der Waals surface area (Å²) < 4.78 is 5.87. The Labute approximate surface area is 132 Å². The molecule has 1 aromatic carbocycles. The lowest BCUT2D eigenvalue weighted by molar-refractivity contribution is 0.100. The molecule has 0 bridgehead atoms. The minimum Gasteiger partial charge on any atom is -0.471 e. The SMILES string of the molecule is CC1CN(c2ccccc2C(N)=O)c2cc3cc[nH]c3nc2O1. The number of pyridine rings is 1. The maximum atomic E-state index is 11.8. The van der Waals surface area contributed by atoms with E-state index in [1.165, 1.54) is 0 Å². The van der Waals surface area contributed by atoms with Gasteiger partial charge in [0, 0.05) is 11.6 Å². The fourth-order valence-electron chi connectivity index (χ4n) is 2.96. The molecule has 6 heteroatoms. The zero-order valence-corrected chi connectivity index (χ0v) is 12.6. The van der Waals surface area contributed by atoms with Crippen LogP contribution in [0.2, 0.25) is 0 Å². The number of carbonyl (C=O) groups is 1. The molecule has 2 aromatic heterocycles. The molecule has 3 heterocycles. The summed E-state index contributed by atoms with van der Waals surface area (Å²) in [5.74, 6) is 0.106. The highest BCUT2D eigenvalue weighted by Gasteiger charge is 2.28. The molecule has 23 heavy (non-hydrogen) atoms. The van der Waals surface area contributed by atoms with Gasteiger partial charge in [-0.05, 0) is 31.2 Å². The van der Waals surface area contributed by atoms with Gasteiger partial charge in [-0.1, -0.05) is 12.1 Å². The second-order valence-corrected chi connectivity index (χ2v) is 5.65. The Morgan fingerprint density at radius 1 is 1.35 bits per heavy atom. The summed E-state index contributed by atoms with van der Waals surface area (Å²) in [7, 11) is 0. The normalized spacial score (nSPS) is 16.9. The van der Waals surface area contributed by atoms with Crippen LogP contribution in [0.5, 0.6) is 5.88 Å². The van der Waals surface area contributed by atoms with Gasteiger partial charge in [0.1, 0.15) is 17.4 Å². The number of nitrogens with two attached hydrogens (primary N) is 1. The molecule has 3 aromatic rings. The maximum Gasteiger partial charge on any atom is 0.250 e. The van der Waals surface area contributed by atoms with E-state index in [1.807, 2.05) is 48.4 Å². The lowest BCUT2D eigenvalue weighted by Crippen LogP contribution is -2.36. The molecule has 116 valence electrons. The molecule has 1 amide bonds. The van der Waals surface area contributed by atoms with E-state index in [0.29, 0.717) is 18.0 Å². The average molecular weight is 308 g/mol. The lowest BCUT2D eigenvalue weighted by atomic mass is 10.1. The van der Waals surface area contributed by atoms with Crippen molar-refractivity contribution in [1.82, 2.24) is 9.97 Å². The van der Waals surface area contributed by atoms with E-state index in [2.05, 4.69) is 9.97 Å². The second kappa shape index (κ2) is 5.01. The van der Waals surface area contributed by atoms with Crippen LogP contribution in [0.3, 0.4) is 0 Å². The fourth-order valence-corrected chi connectivity index (χ4v) is 2.96. The summed E-state index contributed by atoms with van der Waals surface area (Å²) in [6.45, 7) is 2.60. The van der Waals surface area contributed by atoms with Gasteiger partial charge in [-0.3, -0.25) is 4.79 Å². The van der Waals surface area contributed by atoms with Crippen LogP contribution >= 0.6 is 0 Å². The molecular weight excluding hydrogens is 292 g/mol. The minimum atomic E-state index is -0.447. The van der Waals surface area contributed by atoms with Gasteiger partial charge in [-0.2, -0.15) is 4.98 Å². The number of H-pyrrole nitrogens is 1. The predicted octanol–water partition coefficient (Wildman–Crippen LogP) is 2.58. The fraction of sp³-hybridized carbons (Fsp3) is 0.176. The molecule has 1 aliphatic rings. The first kappa shape index (κ1) is 13.6. The summed E-state index contributed by atoms with van der Waals surface area (Å²) in [6.07, 6.45) is 1.79.